The Morgan fingerprint density at radius 2 is 2.44 bits per heavy atom. The van der Waals surface area contributed by atoms with Gasteiger partial charge in [0.05, 0.1) is 16.0 Å². The van der Waals surface area contributed by atoms with E-state index in [4.69, 9.17) is 4.52 Å². The van der Waals surface area contributed by atoms with Crippen molar-refractivity contribution in [3.63, 3.8) is 0 Å². The molecule has 2 aromatic rings. The Morgan fingerprint density at radius 3 is 3.00 bits per heavy atom. The quantitative estimate of drug-likeness (QED) is 0.948. The number of rotatable bonds is 3. The van der Waals surface area contributed by atoms with Crippen LogP contribution in [0.15, 0.2) is 26.5 Å². The molecule has 0 unspecified atom stereocenters. The summed E-state index contributed by atoms with van der Waals surface area (Å²) in [5, 5.41) is 6.41. The lowest BCUT2D eigenvalue weighted by molar-refractivity contribution is 0.0914. The van der Waals surface area contributed by atoms with Gasteiger partial charge >= 0.3 is 0 Å². The second-order valence-corrected chi connectivity index (χ2v) is 5.77. The van der Waals surface area contributed by atoms with Crippen LogP contribution in [0.5, 0.6) is 0 Å². The van der Waals surface area contributed by atoms with E-state index in [0.29, 0.717) is 12.2 Å². The highest BCUT2D eigenvalue weighted by atomic mass is 79.9. The topological polar surface area (TPSA) is 55.1 Å². The van der Waals surface area contributed by atoms with Gasteiger partial charge in [0.15, 0.2) is 0 Å². The maximum absolute atomic E-state index is 11.6. The molecule has 0 bridgehead atoms. The fraction of sp³-hybridized carbons (Fsp3) is 0.200. The largest absolute Gasteiger partial charge is 0.351 e. The van der Waals surface area contributed by atoms with Crippen LogP contribution in [0.25, 0.3) is 0 Å². The predicted octanol–water partition coefficient (Wildman–Crippen LogP) is 2.74. The number of thiophene rings is 1. The number of halogens is 1. The Labute approximate surface area is 105 Å². The van der Waals surface area contributed by atoms with E-state index in [0.717, 1.165) is 8.66 Å². The minimum atomic E-state index is -0.245. The van der Waals surface area contributed by atoms with Crippen LogP contribution < -0.4 is 5.32 Å². The predicted molar refractivity (Wildman–Crippen MR) is 64.4 cm³/mol. The van der Waals surface area contributed by atoms with Gasteiger partial charge in [-0.2, -0.15) is 0 Å². The van der Waals surface area contributed by atoms with E-state index in [2.05, 4.69) is 26.4 Å². The normalized spacial score (nSPS) is 10.4. The Balaban J connectivity index is 1.93. The zero-order chi connectivity index (χ0) is 11.5. The van der Waals surface area contributed by atoms with Gasteiger partial charge in [0, 0.05) is 10.9 Å². The second-order valence-electron chi connectivity index (χ2n) is 3.22. The summed E-state index contributed by atoms with van der Waals surface area (Å²) < 4.78 is 5.90. The highest BCUT2D eigenvalue weighted by Gasteiger charge is 2.11. The Morgan fingerprint density at radius 1 is 1.62 bits per heavy atom. The smallest absolute Gasteiger partial charge is 0.290 e. The van der Waals surface area contributed by atoms with Crippen molar-refractivity contribution in [3.05, 3.63) is 38.3 Å². The van der Waals surface area contributed by atoms with Crippen LogP contribution in [0, 0.1) is 6.92 Å². The van der Waals surface area contributed by atoms with Crippen molar-refractivity contribution in [2.75, 3.05) is 0 Å². The van der Waals surface area contributed by atoms with Gasteiger partial charge < -0.3 is 9.84 Å². The van der Waals surface area contributed by atoms with Gasteiger partial charge in [0.1, 0.15) is 0 Å². The van der Waals surface area contributed by atoms with Gasteiger partial charge in [-0.3, -0.25) is 4.79 Å². The molecule has 0 saturated heterocycles. The lowest BCUT2D eigenvalue weighted by Crippen LogP contribution is -2.21. The molecular weight excluding hydrogens is 292 g/mol. The van der Waals surface area contributed by atoms with Gasteiger partial charge in [-0.05, 0) is 35.0 Å². The van der Waals surface area contributed by atoms with Crippen molar-refractivity contribution in [1.29, 1.82) is 0 Å². The maximum Gasteiger partial charge on any atom is 0.290 e. The number of carbonyl (C=O) groups excluding carboxylic acids is 1. The highest BCUT2D eigenvalue weighted by Crippen LogP contribution is 2.21. The van der Waals surface area contributed by atoms with E-state index in [1.807, 2.05) is 12.1 Å². The van der Waals surface area contributed by atoms with Crippen molar-refractivity contribution in [2.24, 2.45) is 0 Å². The number of hydrogen-bond donors (Lipinski definition) is 1. The molecule has 0 aliphatic carbocycles. The first-order chi connectivity index (χ1) is 7.65. The van der Waals surface area contributed by atoms with Crippen LogP contribution in [0.2, 0.25) is 0 Å². The molecule has 0 aliphatic heterocycles. The first-order valence-electron chi connectivity index (χ1n) is 4.61. The molecule has 1 amide bonds. The molecule has 0 saturated carbocycles. The third-order valence-electron chi connectivity index (χ3n) is 1.90. The number of amides is 1. The number of carbonyl (C=O) groups is 1. The highest BCUT2D eigenvalue weighted by molar-refractivity contribution is 9.11. The molecule has 16 heavy (non-hydrogen) atoms. The summed E-state index contributed by atoms with van der Waals surface area (Å²) >= 11 is 4.95. The van der Waals surface area contributed by atoms with E-state index in [1.54, 1.807) is 24.3 Å². The molecule has 2 heterocycles. The zero-order valence-electron chi connectivity index (χ0n) is 8.49. The van der Waals surface area contributed by atoms with E-state index in [9.17, 15) is 4.79 Å². The molecule has 0 atom stereocenters. The van der Waals surface area contributed by atoms with Crippen LogP contribution in [0.3, 0.4) is 0 Å². The minimum absolute atomic E-state index is 0.244. The molecule has 0 spiro atoms. The molecule has 4 nitrogen and oxygen atoms in total. The fourth-order valence-corrected chi connectivity index (χ4v) is 2.59. The van der Waals surface area contributed by atoms with Crippen LogP contribution >= 0.6 is 27.3 Å². The summed E-state index contributed by atoms with van der Waals surface area (Å²) in [7, 11) is 0. The number of aryl methyl sites for hydroxylation is 1. The molecule has 6 heteroatoms. The molecule has 0 radical (unpaired) electrons. The average molecular weight is 301 g/mol. The Bertz CT molecular complexity index is 506. The number of hydrogen-bond acceptors (Lipinski definition) is 4. The molecule has 0 aromatic carbocycles. The van der Waals surface area contributed by atoms with Crippen LogP contribution in [0.4, 0.5) is 0 Å². The number of aromatic nitrogens is 1. The summed E-state index contributed by atoms with van der Waals surface area (Å²) in [6.45, 7) is 2.27. The molecule has 84 valence electrons. The molecule has 2 aromatic heterocycles. The first-order valence-corrected chi connectivity index (χ1v) is 6.22. The standard InChI is InChI=1S/C10H9BrN2O2S/c1-6-4-8(15-13-6)10(14)12-5-7-2-3-9(11)16-7/h2-4H,5H2,1H3,(H,12,14). The van der Waals surface area contributed by atoms with Crippen molar-refractivity contribution in [3.8, 4) is 0 Å². The fourth-order valence-electron chi connectivity index (χ4n) is 1.17. The molecule has 1 N–H and O–H groups in total. The van der Waals surface area contributed by atoms with Crippen LogP contribution in [0.1, 0.15) is 21.1 Å². The maximum atomic E-state index is 11.6. The van der Waals surface area contributed by atoms with Gasteiger partial charge in [-0.1, -0.05) is 5.16 Å². The van der Waals surface area contributed by atoms with Crippen LogP contribution in [-0.2, 0) is 6.54 Å². The summed E-state index contributed by atoms with van der Waals surface area (Å²) in [5.41, 5.74) is 0.698. The number of nitrogens with zero attached hydrogens (tertiary/aromatic N) is 1. The lowest BCUT2D eigenvalue weighted by atomic mass is 10.3. The minimum Gasteiger partial charge on any atom is -0.351 e. The third kappa shape index (κ3) is 2.70. The lowest BCUT2D eigenvalue weighted by Gasteiger charge is -1.98. The van der Waals surface area contributed by atoms with Gasteiger partial charge in [0.25, 0.3) is 5.91 Å². The second kappa shape index (κ2) is 4.80. The van der Waals surface area contributed by atoms with Gasteiger partial charge in [-0.15, -0.1) is 11.3 Å². The Kier molecular flexibility index (Phi) is 3.40. The average Bonchev–Trinajstić information content (AvgIpc) is 2.84. The van der Waals surface area contributed by atoms with Crippen molar-refractivity contribution in [1.82, 2.24) is 10.5 Å². The third-order valence-corrected chi connectivity index (χ3v) is 3.53. The van der Waals surface area contributed by atoms with Gasteiger partial charge in [-0.25, -0.2) is 0 Å². The van der Waals surface area contributed by atoms with E-state index in [1.165, 1.54) is 0 Å². The molecule has 2 rings (SSSR count). The monoisotopic (exact) mass is 300 g/mol. The SMILES string of the molecule is Cc1cc(C(=O)NCc2ccc(Br)s2)on1. The summed E-state index contributed by atoms with van der Waals surface area (Å²) in [5.74, 6) is -0.00163. The summed E-state index contributed by atoms with van der Waals surface area (Å²) in [4.78, 5) is 12.7. The van der Waals surface area contributed by atoms with Crippen molar-refractivity contribution < 1.29 is 9.32 Å². The summed E-state index contributed by atoms with van der Waals surface area (Å²) in [6, 6.07) is 5.52. The zero-order valence-corrected chi connectivity index (χ0v) is 10.9. The Hall–Kier alpha value is -1.14. The number of nitrogens with one attached hydrogen (secondary N) is 1. The summed E-state index contributed by atoms with van der Waals surface area (Å²) in [6.07, 6.45) is 0. The van der Waals surface area contributed by atoms with E-state index >= 15 is 0 Å². The van der Waals surface area contributed by atoms with Crippen LogP contribution in [-0.4, -0.2) is 11.1 Å². The van der Waals surface area contributed by atoms with Crippen molar-refractivity contribution in [2.45, 2.75) is 13.5 Å². The molecule has 0 fully saturated rings. The van der Waals surface area contributed by atoms with E-state index < -0.39 is 0 Å². The van der Waals surface area contributed by atoms with Crippen molar-refractivity contribution >= 4 is 33.2 Å². The molecular formula is C10H9BrN2O2S. The first kappa shape index (κ1) is 11.3. The molecule has 0 aliphatic rings. The van der Waals surface area contributed by atoms with Gasteiger partial charge in [0.2, 0.25) is 5.76 Å². The van der Waals surface area contributed by atoms with E-state index in [-0.39, 0.29) is 11.7 Å².